The summed E-state index contributed by atoms with van der Waals surface area (Å²) in [6, 6.07) is 7.47. The maximum atomic E-state index is 12.4. The minimum Gasteiger partial charge on any atom is -0.469 e. The topological polar surface area (TPSA) is 102 Å². The number of primary amides is 1. The van der Waals surface area contributed by atoms with Crippen LogP contribution < -0.4 is 10.5 Å². The van der Waals surface area contributed by atoms with Crippen molar-refractivity contribution in [2.75, 3.05) is 0 Å². The molecule has 0 fully saturated rings. The molecule has 1 aromatic heterocycles. The molecular formula is C15H18N2O4S. The van der Waals surface area contributed by atoms with Gasteiger partial charge in [0.25, 0.3) is 0 Å². The summed E-state index contributed by atoms with van der Waals surface area (Å²) < 4.78 is 32.5. The van der Waals surface area contributed by atoms with Gasteiger partial charge in [-0.15, -0.1) is 0 Å². The third-order valence-corrected chi connectivity index (χ3v) is 4.82. The molecule has 118 valence electrons. The molecule has 3 N–H and O–H groups in total. The second-order valence-corrected chi connectivity index (χ2v) is 6.86. The largest absolute Gasteiger partial charge is 0.469 e. The lowest BCUT2D eigenvalue weighted by Crippen LogP contribution is -2.34. The number of carbonyl (C=O) groups excluding carboxylic acids is 1. The summed E-state index contributed by atoms with van der Waals surface area (Å²) in [5.41, 5.74) is 6.08. The molecule has 0 aliphatic heterocycles. The number of aryl methyl sites for hydroxylation is 1. The molecule has 0 aliphatic rings. The van der Waals surface area contributed by atoms with E-state index in [0.717, 1.165) is 0 Å². The van der Waals surface area contributed by atoms with E-state index in [1.54, 1.807) is 32.0 Å². The smallest absolute Gasteiger partial charge is 0.249 e. The van der Waals surface area contributed by atoms with Crippen molar-refractivity contribution in [2.24, 2.45) is 5.73 Å². The highest BCUT2D eigenvalue weighted by molar-refractivity contribution is 7.89. The lowest BCUT2D eigenvalue weighted by atomic mass is 10.1. The molecule has 2 aromatic rings. The van der Waals surface area contributed by atoms with Gasteiger partial charge in [0.15, 0.2) is 0 Å². The number of hydrogen-bond acceptors (Lipinski definition) is 4. The first kappa shape index (κ1) is 16.3. The van der Waals surface area contributed by atoms with E-state index in [-0.39, 0.29) is 16.5 Å². The molecule has 1 amide bonds. The summed E-state index contributed by atoms with van der Waals surface area (Å²) in [6.45, 7) is 3.44. The third-order valence-electron chi connectivity index (χ3n) is 3.23. The van der Waals surface area contributed by atoms with Crippen LogP contribution in [0.3, 0.4) is 0 Å². The number of hydrogen-bond donors (Lipinski definition) is 2. The minimum absolute atomic E-state index is 0.0122. The Balaban J connectivity index is 2.19. The molecule has 0 aliphatic carbocycles. The number of sulfonamides is 1. The van der Waals surface area contributed by atoms with Crippen LogP contribution in [0.2, 0.25) is 0 Å². The zero-order valence-electron chi connectivity index (χ0n) is 12.4. The summed E-state index contributed by atoms with van der Waals surface area (Å²) in [7, 11) is -3.73. The SMILES string of the molecule is Cc1ccc(S(=O)(=O)N[C@H](C)Cc2ccco2)cc1C(N)=O. The molecule has 0 spiro atoms. The standard InChI is InChI=1S/C15H18N2O4S/c1-10-5-6-13(9-14(10)15(16)18)22(19,20)17-11(2)8-12-4-3-7-21-12/h3-7,9,11,17H,8H2,1-2H3,(H2,16,18)/t11-/m1/s1. The monoisotopic (exact) mass is 322 g/mol. The Morgan fingerprint density at radius 3 is 2.68 bits per heavy atom. The number of nitrogens with one attached hydrogen (secondary N) is 1. The summed E-state index contributed by atoms with van der Waals surface area (Å²) in [4.78, 5) is 11.3. The third kappa shape index (κ3) is 3.75. The van der Waals surface area contributed by atoms with Crippen molar-refractivity contribution in [1.82, 2.24) is 4.72 Å². The molecule has 0 bridgehead atoms. The van der Waals surface area contributed by atoms with Crippen molar-refractivity contribution in [1.29, 1.82) is 0 Å². The fourth-order valence-electron chi connectivity index (χ4n) is 2.14. The van der Waals surface area contributed by atoms with Gasteiger partial charge in [-0.3, -0.25) is 4.79 Å². The molecule has 0 saturated heterocycles. The number of furan rings is 1. The van der Waals surface area contributed by atoms with Crippen LogP contribution in [0.15, 0.2) is 45.9 Å². The van der Waals surface area contributed by atoms with E-state index < -0.39 is 15.9 Å². The molecule has 1 atom stereocenters. The number of nitrogens with two attached hydrogens (primary N) is 1. The van der Waals surface area contributed by atoms with Crippen LogP contribution in [0.4, 0.5) is 0 Å². The Morgan fingerprint density at radius 2 is 2.09 bits per heavy atom. The van der Waals surface area contributed by atoms with E-state index in [2.05, 4.69) is 4.72 Å². The highest BCUT2D eigenvalue weighted by Gasteiger charge is 2.20. The summed E-state index contributed by atoms with van der Waals surface area (Å²) in [6.07, 6.45) is 1.97. The van der Waals surface area contributed by atoms with Gasteiger partial charge in [-0.05, 0) is 43.7 Å². The molecule has 22 heavy (non-hydrogen) atoms. The minimum atomic E-state index is -3.73. The quantitative estimate of drug-likeness (QED) is 0.843. The van der Waals surface area contributed by atoms with Crippen LogP contribution >= 0.6 is 0 Å². The molecule has 7 heteroatoms. The zero-order valence-corrected chi connectivity index (χ0v) is 13.2. The first-order chi connectivity index (χ1) is 10.3. The van der Waals surface area contributed by atoms with Gasteiger partial charge in [-0.1, -0.05) is 6.07 Å². The Morgan fingerprint density at radius 1 is 1.36 bits per heavy atom. The average Bonchev–Trinajstić information content (AvgIpc) is 2.90. The second kappa shape index (κ2) is 6.33. The zero-order chi connectivity index (χ0) is 16.3. The average molecular weight is 322 g/mol. The van der Waals surface area contributed by atoms with Gasteiger partial charge in [-0.2, -0.15) is 0 Å². The van der Waals surface area contributed by atoms with Gasteiger partial charge in [-0.25, -0.2) is 13.1 Å². The predicted octanol–water partition coefficient (Wildman–Crippen LogP) is 1.60. The maximum Gasteiger partial charge on any atom is 0.249 e. The molecule has 0 saturated carbocycles. The van der Waals surface area contributed by atoms with Gasteiger partial charge < -0.3 is 10.2 Å². The van der Waals surface area contributed by atoms with Crippen LogP contribution in [0, 0.1) is 6.92 Å². The maximum absolute atomic E-state index is 12.4. The Labute approximate surface area is 129 Å². The van der Waals surface area contributed by atoms with Crippen molar-refractivity contribution in [3.05, 3.63) is 53.5 Å². The van der Waals surface area contributed by atoms with Gasteiger partial charge >= 0.3 is 0 Å². The van der Waals surface area contributed by atoms with Gasteiger partial charge in [0.2, 0.25) is 15.9 Å². The summed E-state index contributed by atoms with van der Waals surface area (Å²) in [5, 5.41) is 0. The van der Waals surface area contributed by atoms with Crippen molar-refractivity contribution >= 4 is 15.9 Å². The number of carbonyl (C=O) groups is 1. The van der Waals surface area contributed by atoms with Crippen molar-refractivity contribution in [3.8, 4) is 0 Å². The van der Waals surface area contributed by atoms with Gasteiger partial charge in [0.05, 0.1) is 11.2 Å². The number of rotatable bonds is 6. The molecule has 6 nitrogen and oxygen atoms in total. The second-order valence-electron chi connectivity index (χ2n) is 5.15. The van der Waals surface area contributed by atoms with E-state index in [9.17, 15) is 13.2 Å². The van der Waals surface area contributed by atoms with Crippen molar-refractivity contribution in [2.45, 2.75) is 31.2 Å². The Hall–Kier alpha value is -2.12. The van der Waals surface area contributed by atoms with E-state index in [4.69, 9.17) is 10.2 Å². The predicted molar refractivity (Wildman–Crippen MR) is 81.9 cm³/mol. The van der Waals surface area contributed by atoms with Gasteiger partial charge in [0, 0.05) is 18.0 Å². The van der Waals surface area contributed by atoms with E-state index in [1.807, 2.05) is 0 Å². The molecule has 0 unspecified atom stereocenters. The van der Waals surface area contributed by atoms with Crippen LogP contribution in [-0.4, -0.2) is 20.4 Å². The first-order valence-corrected chi connectivity index (χ1v) is 8.23. The first-order valence-electron chi connectivity index (χ1n) is 6.75. The highest BCUT2D eigenvalue weighted by atomic mass is 32.2. The fraction of sp³-hybridized carbons (Fsp3) is 0.267. The fourth-order valence-corrected chi connectivity index (χ4v) is 3.41. The van der Waals surface area contributed by atoms with Gasteiger partial charge in [0.1, 0.15) is 5.76 Å². The Kier molecular flexibility index (Phi) is 4.68. The lowest BCUT2D eigenvalue weighted by Gasteiger charge is -2.14. The van der Waals surface area contributed by atoms with Crippen molar-refractivity contribution < 1.29 is 17.6 Å². The molecule has 1 aromatic carbocycles. The molecule has 2 rings (SSSR count). The number of amides is 1. The number of benzene rings is 1. The highest BCUT2D eigenvalue weighted by Crippen LogP contribution is 2.16. The summed E-state index contributed by atoms with van der Waals surface area (Å²) >= 11 is 0. The van der Waals surface area contributed by atoms with Crippen molar-refractivity contribution in [3.63, 3.8) is 0 Å². The normalized spacial score (nSPS) is 13.0. The van der Waals surface area contributed by atoms with E-state index >= 15 is 0 Å². The van der Waals surface area contributed by atoms with Crippen LogP contribution in [0.1, 0.15) is 28.6 Å². The molecular weight excluding hydrogens is 304 g/mol. The van der Waals surface area contributed by atoms with E-state index in [0.29, 0.717) is 17.7 Å². The Bertz CT molecular complexity index is 767. The van der Waals surface area contributed by atoms with Crippen LogP contribution in [-0.2, 0) is 16.4 Å². The van der Waals surface area contributed by atoms with Crippen LogP contribution in [0.25, 0.3) is 0 Å². The summed E-state index contributed by atoms with van der Waals surface area (Å²) in [5.74, 6) is 0.0371. The molecule has 0 radical (unpaired) electrons. The molecule has 1 heterocycles. The lowest BCUT2D eigenvalue weighted by molar-refractivity contribution is 0.0999. The van der Waals surface area contributed by atoms with Crippen LogP contribution in [0.5, 0.6) is 0 Å². The van der Waals surface area contributed by atoms with E-state index in [1.165, 1.54) is 18.4 Å².